The summed E-state index contributed by atoms with van der Waals surface area (Å²) >= 11 is 0. The molecule has 0 spiro atoms. The molecule has 0 aromatic rings. The van der Waals surface area contributed by atoms with E-state index in [4.69, 9.17) is 14.6 Å². The van der Waals surface area contributed by atoms with Crippen LogP contribution in [0.1, 0.15) is 6.92 Å². The standard InChI is InChI=1S/C10H18O8/c1-2-14-3-7-17-10(13)18-8-5-15-4-6-16-9(11)12/h2-8H2,1H3,(H,11,12). The fourth-order valence-electron chi connectivity index (χ4n) is 0.844. The van der Waals surface area contributed by atoms with Gasteiger partial charge in [0, 0.05) is 6.61 Å². The van der Waals surface area contributed by atoms with Gasteiger partial charge in [-0.1, -0.05) is 0 Å². The smallest absolute Gasteiger partial charge is 0.450 e. The summed E-state index contributed by atoms with van der Waals surface area (Å²) in [5.41, 5.74) is 0. The van der Waals surface area contributed by atoms with Crippen molar-refractivity contribution in [2.75, 3.05) is 46.2 Å². The maximum Gasteiger partial charge on any atom is 0.508 e. The van der Waals surface area contributed by atoms with Crippen molar-refractivity contribution in [3.8, 4) is 0 Å². The molecule has 18 heavy (non-hydrogen) atoms. The molecule has 0 aliphatic heterocycles. The molecule has 0 aromatic heterocycles. The average Bonchev–Trinajstić information content (AvgIpc) is 2.33. The Labute approximate surface area is 105 Å². The summed E-state index contributed by atoms with van der Waals surface area (Å²) in [4.78, 5) is 20.9. The van der Waals surface area contributed by atoms with Crippen molar-refractivity contribution in [3.63, 3.8) is 0 Å². The van der Waals surface area contributed by atoms with Crippen LogP contribution < -0.4 is 0 Å². The van der Waals surface area contributed by atoms with Crippen LogP contribution in [0, 0.1) is 0 Å². The molecule has 0 bridgehead atoms. The molecule has 0 amide bonds. The molecule has 0 radical (unpaired) electrons. The van der Waals surface area contributed by atoms with Gasteiger partial charge in [0.15, 0.2) is 0 Å². The highest BCUT2D eigenvalue weighted by Crippen LogP contribution is 1.87. The van der Waals surface area contributed by atoms with E-state index in [0.717, 1.165) is 0 Å². The Bertz CT molecular complexity index is 230. The lowest BCUT2D eigenvalue weighted by atomic mass is 10.7. The lowest BCUT2D eigenvalue weighted by Gasteiger charge is -2.06. The summed E-state index contributed by atoms with van der Waals surface area (Å²) in [5.74, 6) is 0. The van der Waals surface area contributed by atoms with Gasteiger partial charge in [0.2, 0.25) is 0 Å². The van der Waals surface area contributed by atoms with E-state index in [1.165, 1.54) is 0 Å². The van der Waals surface area contributed by atoms with Gasteiger partial charge in [-0.05, 0) is 6.92 Å². The van der Waals surface area contributed by atoms with Crippen molar-refractivity contribution in [1.82, 2.24) is 0 Å². The van der Waals surface area contributed by atoms with Gasteiger partial charge in [0.25, 0.3) is 0 Å². The molecule has 0 heterocycles. The zero-order valence-corrected chi connectivity index (χ0v) is 10.3. The molecule has 0 rings (SSSR count). The molecule has 1 N–H and O–H groups in total. The van der Waals surface area contributed by atoms with Gasteiger partial charge in [0.05, 0.1) is 19.8 Å². The lowest BCUT2D eigenvalue weighted by molar-refractivity contribution is 0.00382. The Morgan fingerprint density at radius 1 is 0.833 bits per heavy atom. The minimum atomic E-state index is -1.35. The molecular weight excluding hydrogens is 248 g/mol. The Kier molecular flexibility index (Phi) is 10.9. The Balaban J connectivity index is 3.17. The summed E-state index contributed by atoms with van der Waals surface area (Å²) in [7, 11) is 0. The molecule has 0 saturated carbocycles. The molecule has 106 valence electrons. The van der Waals surface area contributed by atoms with Gasteiger partial charge in [-0.25, -0.2) is 9.59 Å². The molecule has 0 aliphatic rings. The first kappa shape index (κ1) is 16.5. The SMILES string of the molecule is CCOCCOC(=O)OCCOCCOC(=O)O. The molecular formula is C10H18O8. The second-order valence-corrected chi connectivity index (χ2v) is 2.87. The second-order valence-electron chi connectivity index (χ2n) is 2.87. The first-order chi connectivity index (χ1) is 8.66. The molecule has 0 fully saturated rings. The number of carbonyl (C=O) groups excluding carboxylic acids is 1. The number of carboxylic acid groups (broad SMARTS) is 1. The lowest BCUT2D eigenvalue weighted by Crippen LogP contribution is -2.16. The normalized spacial score (nSPS) is 9.83. The highest BCUT2D eigenvalue weighted by molar-refractivity contribution is 5.59. The second kappa shape index (κ2) is 11.9. The van der Waals surface area contributed by atoms with E-state index < -0.39 is 12.3 Å². The summed E-state index contributed by atoms with van der Waals surface area (Å²) in [6, 6.07) is 0. The van der Waals surface area contributed by atoms with Crippen molar-refractivity contribution < 1.29 is 38.4 Å². The third-order valence-electron chi connectivity index (χ3n) is 1.55. The molecule has 0 saturated heterocycles. The van der Waals surface area contributed by atoms with Crippen molar-refractivity contribution in [3.05, 3.63) is 0 Å². The highest BCUT2D eigenvalue weighted by Gasteiger charge is 2.03. The van der Waals surface area contributed by atoms with Crippen LogP contribution in [-0.4, -0.2) is 63.7 Å². The third-order valence-corrected chi connectivity index (χ3v) is 1.55. The van der Waals surface area contributed by atoms with Crippen LogP contribution in [0.2, 0.25) is 0 Å². The predicted molar refractivity (Wildman–Crippen MR) is 58.6 cm³/mol. The quantitative estimate of drug-likeness (QED) is 0.459. The minimum absolute atomic E-state index is 0.0283. The van der Waals surface area contributed by atoms with E-state index >= 15 is 0 Å². The summed E-state index contributed by atoms with van der Waals surface area (Å²) in [6.45, 7) is 3.08. The highest BCUT2D eigenvalue weighted by atomic mass is 16.7. The molecule has 0 atom stereocenters. The Hall–Kier alpha value is -1.54. The van der Waals surface area contributed by atoms with Crippen LogP contribution >= 0.6 is 0 Å². The first-order valence-corrected chi connectivity index (χ1v) is 5.47. The summed E-state index contributed by atoms with van der Waals surface area (Å²) in [6.07, 6.45) is -2.15. The van der Waals surface area contributed by atoms with Gasteiger partial charge in [-0.15, -0.1) is 0 Å². The van der Waals surface area contributed by atoms with Crippen LogP contribution in [-0.2, 0) is 23.7 Å². The number of hydrogen-bond acceptors (Lipinski definition) is 7. The predicted octanol–water partition coefficient (Wildman–Crippen LogP) is 0.887. The molecule has 8 nitrogen and oxygen atoms in total. The third kappa shape index (κ3) is 12.5. The van der Waals surface area contributed by atoms with Crippen molar-refractivity contribution in [2.24, 2.45) is 0 Å². The van der Waals surface area contributed by atoms with Crippen LogP contribution in [0.25, 0.3) is 0 Å². The number of rotatable bonds is 10. The van der Waals surface area contributed by atoms with Gasteiger partial charge in [-0.2, -0.15) is 0 Å². The van der Waals surface area contributed by atoms with Crippen LogP contribution in [0.5, 0.6) is 0 Å². The number of ether oxygens (including phenoxy) is 5. The molecule has 0 unspecified atom stereocenters. The molecule has 8 heteroatoms. The summed E-state index contributed by atoms with van der Waals surface area (Å²) < 4.78 is 23.4. The van der Waals surface area contributed by atoms with Crippen LogP contribution in [0.3, 0.4) is 0 Å². The number of carbonyl (C=O) groups is 2. The van der Waals surface area contributed by atoms with Gasteiger partial charge in [-0.3, -0.25) is 0 Å². The van der Waals surface area contributed by atoms with E-state index in [0.29, 0.717) is 13.2 Å². The minimum Gasteiger partial charge on any atom is -0.450 e. The van der Waals surface area contributed by atoms with E-state index in [-0.39, 0.29) is 33.0 Å². The van der Waals surface area contributed by atoms with E-state index in [9.17, 15) is 9.59 Å². The van der Waals surface area contributed by atoms with Gasteiger partial charge in [0.1, 0.15) is 19.8 Å². The van der Waals surface area contributed by atoms with Crippen molar-refractivity contribution in [1.29, 1.82) is 0 Å². The zero-order valence-electron chi connectivity index (χ0n) is 10.3. The van der Waals surface area contributed by atoms with E-state index in [2.05, 4.69) is 14.2 Å². The van der Waals surface area contributed by atoms with Crippen molar-refractivity contribution >= 4 is 12.3 Å². The fourth-order valence-corrected chi connectivity index (χ4v) is 0.844. The average molecular weight is 266 g/mol. The maximum absolute atomic E-state index is 10.9. The number of hydrogen-bond donors (Lipinski definition) is 1. The van der Waals surface area contributed by atoms with Crippen LogP contribution in [0.4, 0.5) is 9.59 Å². The topological polar surface area (TPSA) is 101 Å². The van der Waals surface area contributed by atoms with Crippen LogP contribution in [0.15, 0.2) is 0 Å². The molecule has 0 aromatic carbocycles. The Morgan fingerprint density at radius 2 is 1.33 bits per heavy atom. The monoisotopic (exact) mass is 266 g/mol. The Morgan fingerprint density at radius 3 is 1.83 bits per heavy atom. The van der Waals surface area contributed by atoms with Gasteiger partial charge < -0.3 is 28.8 Å². The fraction of sp³-hybridized carbons (Fsp3) is 0.800. The van der Waals surface area contributed by atoms with E-state index in [1.807, 2.05) is 6.92 Å². The van der Waals surface area contributed by atoms with E-state index in [1.54, 1.807) is 0 Å². The van der Waals surface area contributed by atoms with Gasteiger partial charge >= 0.3 is 12.3 Å². The first-order valence-electron chi connectivity index (χ1n) is 5.47. The largest absolute Gasteiger partial charge is 0.508 e. The zero-order chi connectivity index (χ0) is 13.6. The summed E-state index contributed by atoms with van der Waals surface area (Å²) in [5, 5.41) is 8.14. The molecule has 0 aliphatic carbocycles. The van der Waals surface area contributed by atoms with Crippen molar-refractivity contribution in [2.45, 2.75) is 6.92 Å². The maximum atomic E-state index is 10.9.